The van der Waals surface area contributed by atoms with Crippen LogP contribution in [0.15, 0.2) is 0 Å². The molecule has 2 nitrogen and oxygen atoms in total. The molecule has 102 valence electrons. The third-order valence-electron chi connectivity index (χ3n) is 3.92. The number of hydrogen-bond donors (Lipinski definition) is 1. The first-order chi connectivity index (χ1) is 8.09. The van der Waals surface area contributed by atoms with Crippen LogP contribution < -0.4 is 5.32 Å². The lowest BCUT2D eigenvalue weighted by Crippen LogP contribution is -2.41. The Balaban J connectivity index is 2.01. The smallest absolute Gasteiger partial charge is 0.00671 e. The van der Waals surface area contributed by atoms with Crippen LogP contribution in [0.3, 0.4) is 0 Å². The first-order valence-electron chi connectivity index (χ1n) is 7.57. The van der Waals surface area contributed by atoms with Crippen molar-refractivity contribution in [1.82, 2.24) is 10.2 Å². The van der Waals surface area contributed by atoms with Gasteiger partial charge in [-0.3, -0.25) is 0 Å². The Labute approximate surface area is 108 Å². The van der Waals surface area contributed by atoms with Gasteiger partial charge in [0.15, 0.2) is 0 Å². The molecule has 0 amide bonds. The summed E-state index contributed by atoms with van der Waals surface area (Å²) < 4.78 is 0. The average molecular weight is 240 g/mol. The van der Waals surface area contributed by atoms with Crippen LogP contribution in [0.4, 0.5) is 0 Å². The zero-order valence-electron chi connectivity index (χ0n) is 12.3. The molecular formula is C15H32N2. The number of rotatable bonds is 7. The Kier molecular flexibility index (Phi) is 7.14. The van der Waals surface area contributed by atoms with Gasteiger partial charge < -0.3 is 10.2 Å². The maximum atomic E-state index is 3.49. The van der Waals surface area contributed by atoms with E-state index in [2.05, 4.69) is 37.9 Å². The largest absolute Gasteiger partial charge is 0.315 e. The van der Waals surface area contributed by atoms with E-state index in [1.165, 1.54) is 51.7 Å². The lowest BCUT2D eigenvalue weighted by Gasteiger charge is -2.36. The molecular weight excluding hydrogens is 208 g/mol. The standard InChI is InChI=1S/C15H32N2/c1-13(2)16-10-6-5-7-11-17-12-14(3)8-9-15(17)4/h13-16H,5-12H2,1-4H3. The molecule has 0 bridgehead atoms. The molecule has 1 aliphatic heterocycles. The molecule has 1 heterocycles. The van der Waals surface area contributed by atoms with Crippen molar-refractivity contribution in [3.05, 3.63) is 0 Å². The number of nitrogens with one attached hydrogen (secondary N) is 1. The van der Waals surface area contributed by atoms with E-state index in [4.69, 9.17) is 0 Å². The normalized spacial score (nSPS) is 26.6. The molecule has 0 aromatic heterocycles. The summed E-state index contributed by atoms with van der Waals surface area (Å²) in [5, 5.41) is 3.49. The number of likely N-dealkylation sites (tertiary alicyclic amines) is 1. The second-order valence-corrected chi connectivity index (χ2v) is 6.20. The maximum Gasteiger partial charge on any atom is 0.00671 e. The van der Waals surface area contributed by atoms with Gasteiger partial charge in [-0.1, -0.05) is 27.2 Å². The lowest BCUT2D eigenvalue weighted by atomic mass is 9.95. The highest BCUT2D eigenvalue weighted by molar-refractivity contribution is 4.76. The van der Waals surface area contributed by atoms with Crippen molar-refractivity contribution in [1.29, 1.82) is 0 Å². The summed E-state index contributed by atoms with van der Waals surface area (Å²) in [7, 11) is 0. The van der Waals surface area contributed by atoms with E-state index in [0.717, 1.165) is 12.0 Å². The van der Waals surface area contributed by atoms with Gasteiger partial charge in [-0.15, -0.1) is 0 Å². The van der Waals surface area contributed by atoms with E-state index >= 15 is 0 Å². The van der Waals surface area contributed by atoms with Crippen LogP contribution in [-0.4, -0.2) is 36.6 Å². The Bertz CT molecular complexity index is 191. The van der Waals surface area contributed by atoms with Crippen LogP contribution in [0.2, 0.25) is 0 Å². The van der Waals surface area contributed by atoms with Gasteiger partial charge in [0.05, 0.1) is 0 Å². The SMILES string of the molecule is CC1CCC(C)N(CCCCCNC(C)C)C1. The van der Waals surface area contributed by atoms with Crippen LogP contribution >= 0.6 is 0 Å². The van der Waals surface area contributed by atoms with Crippen molar-refractivity contribution in [2.75, 3.05) is 19.6 Å². The minimum atomic E-state index is 0.637. The fraction of sp³-hybridized carbons (Fsp3) is 1.00. The van der Waals surface area contributed by atoms with Crippen LogP contribution in [0.25, 0.3) is 0 Å². The zero-order chi connectivity index (χ0) is 12.7. The van der Waals surface area contributed by atoms with E-state index in [-0.39, 0.29) is 0 Å². The third kappa shape index (κ3) is 6.42. The van der Waals surface area contributed by atoms with Crippen LogP contribution in [0.1, 0.15) is 59.8 Å². The Morgan fingerprint density at radius 2 is 1.88 bits per heavy atom. The molecule has 1 saturated heterocycles. The van der Waals surface area contributed by atoms with Crippen LogP contribution in [0, 0.1) is 5.92 Å². The van der Waals surface area contributed by atoms with Crippen molar-refractivity contribution < 1.29 is 0 Å². The number of nitrogens with zero attached hydrogens (tertiary/aromatic N) is 1. The van der Waals surface area contributed by atoms with E-state index < -0.39 is 0 Å². The highest BCUT2D eigenvalue weighted by atomic mass is 15.2. The minimum Gasteiger partial charge on any atom is -0.315 e. The molecule has 1 fully saturated rings. The number of piperidine rings is 1. The molecule has 1 aliphatic rings. The highest BCUT2D eigenvalue weighted by Crippen LogP contribution is 2.21. The molecule has 0 aliphatic carbocycles. The fourth-order valence-electron chi connectivity index (χ4n) is 2.70. The van der Waals surface area contributed by atoms with Gasteiger partial charge in [-0.05, 0) is 51.6 Å². The first kappa shape index (κ1) is 15.0. The van der Waals surface area contributed by atoms with Crippen molar-refractivity contribution in [2.24, 2.45) is 5.92 Å². The van der Waals surface area contributed by atoms with Gasteiger partial charge >= 0.3 is 0 Å². The maximum absolute atomic E-state index is 3.49. The van der Waals surface area contributed by atoms with Gasteiger partial charge in [0.1, 0.15) is 0 Å². The zero-order valence-corrected chi connectivity index (χ0v) is 12.3. The molecule has 0 radical (unpaired) electrons. The molecule has 1 rings (SSSR count). The number of hydrogen-bond acceptors (Lipinski definition) is 2. The van der Waals surface area contributed by atoms with Gasteiger partial charge in [0.2, 0.25) is 0 Å². The second kappa shape index (κ2) is 8.10. The van der Waals surface area contributed by atoms with Gasteiger partial charge in [-0.25, -0.2) is 0 Å². The molecule has 1 N–H and O–H groups in total. The molecule has 0 saturated carbocycles. The topological polar surface area (TPSA) is 15.3 Å². The minimum absolute atomic E-state index is 0.637. The molecule has 2 atom stereocenters. The summed E-state index contributed by atoms with van der Waals surface area (Å²) in [6, 6.07) is 1.46. The Morgan fingerprint density at radius 3 is 2.59 bits per heavy atom. The molecule has 0 aromatic carbocycles. The quantitative estimate of drug-likeness (QED) is 0.687. The Morgan fingerprint density at radius 1 is 1.12 bits per heavy atom. The van der Waals surface area contributed by atoms with E-state index in [9.17, 15) is 0 Å². The number of unbranched alkanes of at least 4 members (excludes halogenated alkanes) is 2. The van der Waals surface area contributed by atoms with Crippen molar-refractivity contribution in [3.8, 4) is 0 Å². The van der Waals surface area contributed by atoms with Gasteiger partial charge in [-0.2, -0.15) is 0 Å². The van der Waals surface area contributed by atoms with E-state index in [1.54, 1.807) is 0 Å². The fourth-order valence-corrected chi connectivity index (χ4v) is 2.70. The first-order valence-corrected chi connectivity index (χ1v) is 7.57. The molecule has 2 heteroatoms. The predicted molar refractivity (Wildman–Crippen MR) is 76.4 cm³/mol. The summed E-state index contributed by atoms with van der Waals surface area (Å²) >= 11 is 0. The third-order valence-corrected chi connectivity index (χ3v) is 3.92. The van der Waals surface area contributed by atoms with Crippen LogP contribution in [0.5, 0.6) is 0 Å². The summed E-state index contributed by atoms with van der Waals surface area (Å²) in [5.41, 5.74) is 0. The molecule has 0 spiro atoms. The summed E-state index contributed by atoms with van der Waals surface area (Å²) in [4.78, 5) is 2.70. The molecule has 0 aromatic rings. The van der Waals surface area contributed by atoms with Crippen LogP contribution in [-0.2, 0) is 0 Å². The highest BCUT2D eigenvalue weighted by Gasteiger charge is 2.21. The summed E-state index contributed by atoms with van der Waals surface area (Å²) in [6.07, 6.45) is 6.90. The monoisotopic (exact) mass is 240 g/mol. The Hall–Kier alpha value is -0.0800. The van der Waals surface area contributed by atoms with Gasteiger partial charge in [0.25, 0.3) is 0 Å². The van der Waals surface area contributed by atoms with Crippen molar-refractivity contribution in [3.63, 3.8) is 0 Å². The predicted octanol–water partition coefficient (Wildman–Crippen LogP) is 3.28. The van der Waals surface area contributed by atoms with Crippen molar-refractivity contribution >= 4 is 0 Å². The van der Waals surface area contributed by atoms with E-state index in [1.807, 2.05) is 0 Å². The average Bonchev–Trinajstić information content (AvgIpc) is 2.27. The molecule has 2 unspecified atom stereocenters. The summed E-state index contributed by atoms with van der Waals surface area (Å²) in [5.74, 6) is 0.911. The summed E-state index contributed by atoms with van der Waals surface area (Å²) in [6.45, 7) is 13.0. The van der Waals surface area contributed by atoms with Crippen molar-refractivity contribution in [2.45, 2.75) is 71.9 Å². The second-order valence-electron chi connectivity index (χ2n) is 6.20. The molecule has 17 heavy (non-hydrogen) atoms. The van der Waals surface area contributed by atoms with E-state index in [0.29, 0.717) is 6.04 Å². The van der Waals surface area contributed by atoms with Gasteiger partial charge in [0, 0.05) is 18.6 Å². The lowest BCUT2D eigenvalue weighted by molar-refractivity contribution is 0.122.